The number of rotatable bonds is 3. The van der Waals surface area contributed by atoms with Gasteiger partial charge < -0.3 is 4.57 Å². The van der Waals surface area contributed by atoms with Crippen LogP contribution in [0.25, 0.3) is 38.7 Å². The summed E-state index contributed by atoms with van der Waals surface area (Å²) in [4.78, 5) is 2.43. The van der Waals surface area contributed by atoms with Crippen LogP contribution >= 0.6 is 45.9 Å². The highest BCUT2D eigenvalue weighted by atomic mass is 35.5. The minimum absolute atomic E-state index is 0.807. The van der Waals surface area contributed by atoms with Gasteiger partial charge in [0.1, 0.15) is 0 Å². The number of thiophene rings is 2. The van der Waals surface area contributed by atoms with Crippen molar-refractivity contribution in [3.8, 4) is 27.9 Å². The van der Waals surface area contributed by atoms with Crippen molar-refractivity contribution in [1.82, 2.24) is 4.57 Å². The van der Waals surface area contributed by atoms with Crippen LogP contribution in [0.15, 0.2) is 67.0 Å². The number of halogens is 2. The zero-order valence-electron chi connectivity index (χ0n) is 15.9. The third kappa shape index (κ3) is 3.43. The third-order valence-corrected chi connectivity index (χ3v) is 7.57. The first-order valence-electron chi connectivity index (χ1n) is 9.23. The molecule has 3 aromatic heterocycles. The van der Waals surface area contributed by atoms with E-state index in [-0.39, 0.29) is 0 Å². The standard InChI is InChI=1S/C24H17Cl2NS2/c1-14-19(10-23(25)28-14)21-12-27(13-22(21)20-11-24(26)29-15(20)2)18-8-7-16-5-3-4-6-17(16)9-18/h3-13H,1-2H3. The summed E-state index contributed by atoms with van der Waals surface area (Å²) in [7, 11) is 0. The largest absolute Gasteiger partial charge is 0.323 e. The van der Waals surface area contributed by atoms with Gasteiger partial charge in [-0.1, -0.05) is 53.5 Å². The first kappa shape index (κ1) is 19.0. The van der Waals surface area contributed by atoms with Crippen molar-refractivity contribution in [2.24, 2.45) is 0 Å². The number of nitrogens with zero attached hydrogens (tertiary/aromatic N) is 1. The van der Waals surface area contributed by atoms with Crippen molar-refractivity contribution in [3.63, 3.8) is 0 Å². The van der Waals surface area contributed by atoms with Gasteiger partial charge in [-0.15, -0.1) is 22.7 Å². The summed E-state index contributed by atoms with van der Waals surface area (Å²) in [5.41, 5.74) is 5.84. The van der Waals surface area contributed by atoms with Gasteiger partial charge >= 0.3 is 0 Å². The Labute approximate surface area is 187 Å². The van der Waals surface area contributed by atoms with Crippen LogP contribution in [0.3, 0.4) is 0 Å². The Morgan fingerprint density at radius 3 is 1.72 bits per heavy atom. The van der Waals surface area contributed by atoms with Gasteiger partial charge in [-0.3, -0.25) is 0 Å². The quantitative estimate of drug-likeness (QED) is 0.256. The average molecular weight is 454 g/mol. The van der Waals surface area contributed by atoms with Crippen molar-refractivity contribution in [2.75, 3.05) is 0 Å². The van der Waals surface area contributed by atoms with Crippen molar-refractivity contribution < 1.29 is 0 Å². The number of aromatic nitrogens is 1. The van der Waals surface area contributed by atoms with Gasteiger partial charge in [0.25, 0.3) is 0 Å². The fraction of sp³-hybridized carbons (Fsp3) is 0.0833. The van der Waals surface area contributed by atoms with Gasteiger partial charge in [0.2, 0.25) is 0 Å². The van der Waals surface area contributed by atoms with Gasteiger partial charge in [0.05, 0.1) is 8.67 Å². The summed E-state index contributed by atoms with van der Waals surface area (Å²) >= 11 is 15.9. The maximum atomic E-state index is 6.33. The van der Waals surface area contributed by atoms with Crippen molar-refractivity contribution in [1.29, 1.82) is 0 Å². The van der Waals surface area contributed by atoms with Gasteiger partial charge in [-0.05, 0) is 60.0 Å². The molecule has 2 aromatic carbocycles. The van der Waals surface area contributed by atoms with E-state index in [4.69, 9.17) is 23.2 Å². The molecular formula is C24H17Cl2NS2. The fourth-order valence-corrected chi connectivity index (χ4v) is 6.21. The molecule has 0 aliphatic rings. The van der Waals surface area contributed by atoms with E-state index in [0.717, 1.165) is 14.4 Å². The predicted octanol–water partition coefficient (Wildman–Crippen LogP) is 9.01. The highest BCUT2D eigenvalue weighted by Crippen LogP contribution is 2.43. The molecule has 29 heavy (non-hydrogen) atoms. The second-order valence-electron chi connectivity index (χ2n) is 7.07. The van der Waals surface area contributed by atoms with Crippen LogP contribution in [0.4, 0.5) is 0 Å². The van der Waals surface area contributed by atoms with Crippen molar-refractivity contribution >= 4 is 56.6 Å². The van der Waals surface area contributed by atoms with Crippen LogP contribution in [0.2, 0.25) is 8.67 Å². The smallest absolute Gasteiger partial charge is 0.0937 e. The highest BCUT2D eigenvalue weighted by molar-refractivity contribution is 7.17. The fourth-order valence-electron chi connectivity index (χ4n) is 3.80. The number of hydrogen-bond donors (Lipinski definition) is 0. The van der Waals surface area contributed by atoms with E-state index in [9.17, 15) is 0 Å². The number of benzene rings is 2. The zero-order chi connectivity index (χ0) is 20.1. The molecule has 144 valence electrons. The first-order valence-corrected chi connectivity index (χ1v) is 11.6. The average Bonchev–Trinajstić information content (AvgIpc) is 3.37. The number of aryl methyl sites for hydroxylation is 2. The van der Waals surface area contributed by atoms with E-state index < -0.39 is 0 Å². The topological polar surface area (TPSA) is 4.93 Å². The molecule has 0 bridgehead atoms. The molecule has 0 spiro atoms. The molecule has 0 radical (unpaired) electrons. The molecule has 0 aliphatic carbocycles. The van der Waals surface area contributed by atoms with E-state index in [1.165, 1.54) is 42.8 Å². The molecule has 5 heteroatoms. The second-order valence-corrected chi connectivity index (χ2v) is 10.8. The Bertz CT molecular complexity index is 1290. The minimum Gasteiger partial charge on any atom is -0.323 e. The monoisotopic (exact) mass is 453 g/mol. The van der Waals surface area contributed by atoms with Crippen LogP contribution in [0.5, 0.6) is 0 Å². The lowest BCUT2D eigenvalue weighted by atomic mass is 10.0. The molecule has 5 aromatic rings. The van der Waals surface area contributed by atoms with Gasteiger partial charge in [0, 0.05) is 39.0 Å². The lowest BCUT2D eigenvalue weighted by Gasteiger charge is -2.05. The summed E-state index contributed by atoms with van der Waals surface area (Å²) in [5.74, 6) is 0. The van der Waals surface area contributed by atoms with Gasteiger partial charge in [0.15, 0.2) is 0 Å². The Balaban J connectivity index is 1.74. The lowest BCUT2D eigenvalue weighted by Crippen LogP contribution is -1.89. The van der Waals surface area contributed by atoms with Crippen LogP contribution in [0.1, 0.15) is 9.75 Å². The van der Waals surface area contributed by atoms with Crippen molar-refractivity contribution in [3.05, 3.63) is 85.4 Å². The van der Waals surface area contributed by atoms with Gasteiger partial charge in [-0.25, -0.2) is 0 Å². The molecule has 0 N–H and O–H groups in total. The predicted molar refractivity (Wildman–Crippen MR) is 129 cm³/mol. The second kappa shape index (κ2) is 7.33. The molecule has 0 fully saturated rings. The minimum atomic E-state index is 0.807. The summed E-state index contributed by atoms with van der Waals surface area (Å²) < 4.78 is 3.82. The van der Waals surface area contributed by atoms with E-state index in [0.29, 0.717) is 0 Å². The summed E-state index contributed by atoms with van der Waals surface area (Å²) in [6.45, 7) is 4.24. The van der Waals surface area contributed by atoms with Crippen molar-refractivity contribution in [2.45, 2.75) is 13.8 Å². The van der Waals surface area contributed by atoms with Gasteiger partial charge in [-0.2, -0.15) is 0 Å². The van der Waals surface area contributed by atoms with E-state index in [1.807, 2.05) is 0 Å². The molecule has 0 unspecified atom stereocenters. The summed E-state index contributed by atoms with van der Waals surface area (Å²) in [6.07, 6.45) is 4.41. The van der Waals surface area contributed by atoms with E-state index >= 15 is 0 Å². The van der Waals surface area contributed by atoms with Crippen LogP contribution < -0.4 is 0 Å². The SMILES string of the molecule is Cc1sc(Cl)cc1-c1cn(-c2ccc3ccccc3c2)cc1-c1cc(Cl)sc1C. The van der Waals surface area contributed by atoms with E-state index in [1.54, 1.807) is 22.7 Å². The van der Waals surface area contributed by atoms with Crippen LogP contribution in [-0.2, 0) is 0 Å². The molecule has 0 atom stereocenters. The Hall–Kier alpha value is -2.04. The first-order chi connectivity index (χ1) is 14.0. The Morgan fingerprint density at radius 1 is 0.655 bits per heavy atom. The van der Waals surface area contributed by atoms with E-state index in [2.05, 4.69) is 85.4 Å². The number of hydrogen-bond acceptors (Lipinski definition) is 2. The maximum absolute atomic E-state index is 6.33. The highest BCUT2D eigenvalue weighted by Gasteiger charge is 2.18. The Morgan fingerprint density at radius 2 is 1.21 bits per heavy atom. The van der Waals surface area contributed by atoms with Crippen LogP contribution in [-0.4, -0.2) is 4.57 Å². The molecule has 0 saturated carbocycles. The zero-order valence-corrected chi connectivity index (χ0v) is 19.0. The third-order valence-electron chi connectivity index (χ3n) is 5.21. The molecule has 1 nitrogen and oxygen atoms in total. The normalized spacial score (nSPS) is 11.4. The number of fused-ring (bicyclic) bond motifs is 1. The molecular weight excluding hydrogens is 437 g/mol. The summed E-state index contributed by atoms with van der Waals surface area (Å²) in [6, 6.07) is 19.1. The molecule has 3 heterocycles. The summed E-state index contributed by atoms with van der Waals surface area (Å²) in [5, 5.41) is 2.47. The molecule has 0 amide bonds. The Kier molecular flexibility index (Phi) is 4.79. The molecule has 0 saturated heterocycles. The molecule has 5 rings (SSSR count). The molecule has 0 aliphatic heterocycles. The lowest BCUT2D eigenvalue weighted by molar-refractivity contribution is 1.09. The van der Waals surface area contributed by atoms with Crippen LogP contribution in [0, 0.1) is 13.8 Å². The maximum Gasteiger partial charge on any atom is 0.0937 e.